The molecule has 0 aliphatic heterocycles. The zero-order chi connectivity index (χ0) is 15.7. The molecule has 2 rings (SSSR count). The Kier molecular flexibility index (Phi) is 3.74. The molecule has 1 aliphatic rings. The number of phenols is 1. The molecule has 0 saturated heterocycles. The molecule has 1 aromatic rings. The van der Waals surface area contributed by atoms with Crippen LogP contribution in [0.4, 0.5) is 0 Å². The second-order valence-electron chi connectivity index (χ2n) is 6.49. The third kappa shape index (κ3) is 3.22. The normalized spacial score (nSPS) is 24.7. The maximum atomic E-state index is 12.1. The first-order chi connectivity index (χ1) is 9.76. The number of hydrogen-bond donors (Lipinski definition) is 1. The van der Waals surface area contributed by atoms with Gasteiger partial charge in [-0.1, -0.05) is 51.1 Å². The minimum Gasteiger partial charge on any atom is -0.508 e. The maximum Gasteiger partial charge on any atom is 0.178 e. The minimum absolute atomic E-state index is 0.0829. The molecule has 1 N–H and O–H groups in total. The lowest BCUT2D eigenvalue weighted by atomic mass is 9.65. The van der Waals surface area contributed by atoms with Crippen LogP contribution in [0.3, 0.4) is 0 Å². The van der Waals surface area contributed by atoms with Crippen molar-refractivity contribution in [3.8, 4) is 11.8 Å². The lowest BCUT2D eigenvalue weighted by Gasteiger charge is -2.37. The Morgan fingerprint density at radius 2 is 1.86 bits per heavy atom. The van der Waals surface area contributed by atoms with E-state index >= 15 is 0 Å². The molecule has 0 radical (unpaired) electrons. The van der Waals surface area contributed by atoms with Gasteiger partial charge in [0.25, 0.3) is 0 Å². The van der Waals surface area contributed by atoms with E-state index in [1.807, 2.05) is 51.1 Å². The minimum atomic E-state index is -0.534. The largest absolute Gasteiger partial charge is 0.508 e. The number of carbonyl (C=O) groups excluding carboxylic acids is 1. The molecule has 0 unspecified atom stereocenters. The molecule has 0 amide bonds. The van der Waals surface area contributed by atoms with Gasteiger partial charge in [0, 0.05) is 10.8 Å². The topological polar surface area (TPSA) is 61.1 Å². The summed E-state index contributed by atoms with van der Waals surface area (Å²) in [4.78, 5) is 12.1. The first kappa shape index (κ1) is 15.1. The second-order valence-corrected chi connectivity index (χ2v) is 6.49. The Labute approximate surface area is 125 Å². The Morgan fingerprint density at radius 3 is 2.43 bits per heavy atom. The molecule has 3 heteroatoms. The van der Waals surface area contributed by atoms with Crippen molar-refractivity contribution in [1.82, 2.24) is 0 Å². The summed E-state index contributed by atoms with van der Waals surface area (Å²) in [5.41, 5.74) is 0.341. The number of carbonyl (C=O) groups is 1. The van der Waals surface area contributed by atoms with Gasteiger partial charge in [0.05, 0.1) is 5.57 Å². The number of phenolic OH excluding ortho intramolecular Hbond substituents is 1. The van der Waals surface area contributed by atoms with Crippen molar-refractivity contribution in [1.29, 1.82) is 5.26 Å². The quantitative estimate of drug-likeness (QED) is 0.895. The van der Waals surface area contributed by atoms with Crippen molar-refractivity contribution in [3.63, 3.8) is 0 Å². The summed E-state index contributed by atoms with van der Waals surface area (Å²) in [5, 5.41) is 18.4. The van der Waals surface area contributed by atoms with Crippen LogP contribution < -0.4 is 0 Å². The van der Waals surface area contributed by atoms with Gasteiger partial charge in [0.2, 0.25) is 0 Å². The number of nitrogens with zero attached hydrogens (tertiary/aromatic N) is 1. The molecule has 0 spiro atoms. The van der Waals surface area contributed by atoms with Crippen LogP contribution in [0, 0.1) is 22.2 Å². The van der Waals surface area contributed by atoms with Crippen LogP contribution in [-0.2, 0) is 4.79 Å². The highest BCUT2D eigenvalue weighted by Gasteiger charge is 2.41. The molecule has 3 nitrogen and oxygen atoms in total. The molecule has 1 atom stereocenters. The Bertz CT molecular complexity index is 659. The van der Waals surface area contributed by atoms with E-state index in [2.05, 4.69) is 0 Å². The van der Waals surface area contributed by atoms with Gasteiger partial charge in [-0.3, -0.25) is 4.79 Å². The molecule has 0 saturated carbocycles. The lowest BCUT2D eigenvalue weighted by Crippen LogP contribution is -2.36. The van der Waals surface area contributed by atoms with Crippen molar-refractivity contribution in [3.05, 3.63) is 47.6 Å². The van der Waals surface area contributed by atoms with Crippen LogP contribution in [0.1, 0.15) is 32.8 Å². The van der Waals surface area contributed by atoms with E-state index in [-0.39, 0.29) is 22.5 Å². The number of benzene rings is 1. The van der Waals surface area contributed by atoms with E-state index in [0.717, 1.165) is 5.56 Å². The third-order valence-corrected chi connectivity index (χ3v) is 3.83. The highest BCUT2D eigenvalue weighted by molar-refractivity contribution is 6.03. The molecule has 1 aliphatic carbocycles. The zero-order valence-electron chi connectivity index (χ0n) is 12.6. The lowest BCUT2D eigenvalue weighted by molar-refractivity contribution is -0.124. The number of ketones is 1. The number of aromatic hydroxyl groups is 1. The van der Waals surface area contributed by atoms with E-state index in [1.54, 1.807) is 18.2 Å². The van der Waals surface area contributed by atoms with E-state index in [4.69, 9.17) is 5.26 Å². The first-order valence-corrected chi connectivity index (χ1v) is 6.92. The average Bonchev–Trinajstić information content (AvgIpc) is 2.42. The van der Waals surface area contributed by atoms with E-state index in [0.29, 0.717) is 6.42 Å². The fraction of sp³-hybridized carbons (Fsp3) is 0.333. The molecule has 1 aromatic carbocycles. The third-order valence-electron chi connectivity index (χ3n) is 3.83. The molecule has 0 heterocycles. The summed E-state index contributed by atoms with van der Waals surface area (Å²) in [5.74, 6) is 0.148. The van der Waals surface area contributed by atoms with E-state index < -0.39 is 5.41 Å². The fourth-order valence-corrected chi connectivity index (χ4v) is 2.91. The summed E-state index contributed by atoms with van der Waals surface area (Å²) in [7, 11) is 0. The van der Waals surface area contributed by atoms with Crippen LogP contribution in [0.25, 0.3) is 6.08 Å². The summed E-state index contributed by atoms with van der Waals surface area (Å²) < 4.78 is 0. The Morgan fingerprint density at radius 1 is 1.24 bits per heavy atom. The van der Waals surface area contributed by atoms with Crippen molar-refractivity contribution < 1.29 is 9.90 Å². The van der Waals surface area contributed by atoms with E-state index in [1.165, 1.54) is 0 Å². The number of nitriles is 1. The predicted octanol–water partition coefficient (Wildman–Crippen LogP) is 3.86. The summed E-state index contributed by atoms with van der Waals surface area (Å²) in [6.07, 6.45) is 6.40. The number of allylic oxidation sites excluding steroid dienone is 3. The van der Waals surface area contributed by atoms with Gasteiger partial charge < -0.3 is 5.11 Å². The number of Topliss-reactive ketones (excluding diaryl/α,β-unsaturated/α-hetero) is 1. The molecule has 0 bridgehead atoms. The number of rotatable bonds is 2. The molecular formula is C18H19NO2. The molecule has 0 aromatic heterocycles. The van der Waals surface area contributed by atoms with Crippen molar-refractivity contribution >= 4 is 11.9 Å². The van der Waals surface area contributed by atoms with Crippen LogP contribution >= 0.6 is 0 Å². The summed E-state index contributed by atoms with van der Waals surface area (Å²) in [6.45, 7) is 5.79. The van der Waals surface area contributed by atoms with Gasteiger partial charge in [-0.15, -0.1) is 0 Å². The Hall–Kier alpha value is -2.34. The smallest absolute Gasteiger partial charge is 0.178 e. The highest BCUT2D eigenvalue weighted by Crippen LogP contribution is 2.43. The SMILES string of the molecule is CC1(C)C[C@@](C)(C=Cc2ccc(O)cc2)C=C(C#N)C1=O. The van der Waals surface area contributed by atoms with Crippen molar-refractivity contribution in [2.24, 2.45) is 10.8 Å². The number of hydrogen-bond acceptors (Lipinski definition) is 3. The van der Waals surface area contributed by atoms with Crippen LogP contribution in [0.15, 0.2) is 42.0 Å². The van der Waals surface area contributed by atoms with Gasteiger partial charge in [-0.25, -0.2) is 0 Å². The van der Waals surface area contributed by atoms with Crippen molar-refractivity contribution in [2.45, 2.75) is 27.2 Å². The monoisotopic (exact) mass is 281 g/mol. The fourth-order valence-electron chi connectivity index (χ4n) is 2.91. The Balaban J connectivity index is 2.34. The van der Waals surface area contributed by atoms with Gasteiger partial charge >= 0.3 is 0 Å². The predicted molar refractivity (Wildman–Crippen MR) is 82.3 cm³/mol. The maximum absolute atomic E-state index is 12.1. The van der Waals surface area contributed by atoms with Gasteiger partial charge in [0.15, 0.2) is 5.78 Å². The molecular weight excluding hydrogens is 262 g/mol. The standard InChI is InChI=1S/C18H19NO2/c1-17(2)12-18(3,10-14(11-19)16(17)21)9-8-13-4-6-15(20)7-5-13/h4-10,20H,12H2,1-3H3/t18-/m0/s1. The highest BCUT2D eigenvalue weighted by atomic mass is 16.3. The van der Waals surface area contributed by atoms with Crippen LogP contribution in [-0.4, -0.2) is 10.9 Å². The van der Waals surface area contributed by atoms with Gasteiger partial charge in [-0.2, -0.15) is 5.26 Å². The zero-order valence-corrected chi connectivity index (χ0v) is 12.6. The average molecular weight is 281 g/mol. The van der Waals surface area contributed by atoms with Crippen LogP contribution in [0.2, 0.25) is 0 Å². The van der Waals surface area contributed by atoms with E-state index in [9.17, 15) is 9.90 Å². The summed E-state index contributed by atoms with van der Waals surface area (Å²) >= 11 is 0. The molecule has 108 valence electrons. The van der Waals surface area contributed by atoms with Crippen LogP contribution in [0.5, 0.6) is 5.75 Å². The second kappa shape index (κ2) is 5.21. The molecule has 0 fully saturated rings. The molecule has 21 heavy (non-hydrogen) atoms. The first-order valence-electron chi connectivity index (χ1n) is 6.92. The van der Waals surface area contributed by atoms with Gasteiger partial charge in [0.1, 0.15) is 11.8 Å². The summed E-state index contributed by atoms with van der Waals surface area (Å²) in [6, 6.07) is 8.92. The van der Waals surface area contributed by atoms with Gasteiger partial charge in [-0.05, 0) is 24.1 Å². The van der Waals surface area contributed by atoms with Crippen molar-refractivity contribution in [2.75, 3.05) is 0 Å².